The van der Waals surface area contributed by atoms with Gasteiger partial charge in [-0.05, 0) is 43.7 Å². The van der Waals surface area contributed by atoms with E-state index >= 15 is 0 Å². The normalized spacial score (nSPS) is 12.7. The van der Waals surface area contributed by atoms with Crippen molar-refractivity contribution < 1.29 is 22.8 Å². The number of nitro benzene ring substituents is 1. The number of hydrogen-bond acceptors (Lipinski definition) is 6. The molecule has 0 amide bonds. The van der Waals surface area contributed by atoms with Crippen molar-refractivity contribution in [1.82, 2.24) is 9.66 Å². The predicted molar refractivity (Wildman–Crippen MR) is 138 cm³/mol. The summed E-state index contributed by atoms with van der Waals surface area (Å²) >= 11 is 6.11. The van der Waals surface area contributed by atoms with Gasteiger partial charge in [0.05, 0.1) is 33.7 Å². The molecule has 0 radical (unpaired) electrons. The lowest BCUT2D eigenvalue weighted by Crippen LogP contribution is -2.20. The molecule has 0 bridgehead atoms. The van der Waals surface area contributed by atoms with Gasteiger partial charge in [0.1, 0.15) is 0 Å². The number of nitrogens with zero attached hydrogens (tertiary/aromatic N) is 4. The average Bonchev–Trinajstić information content (AvgIpc) is 2.88. The molecule has 8 nitrogen and oxygen atoms in total. The minimum Gasteiger partial charge on any atom is -0.483 e. The monoisotopic (exact) mass is 544 g/mol. The van der Waals surface area contributed by atoms with Crippen molar-refractivity contribution in [3.05, 3.63) is 97.3 Å². The molecule has 1 heterocycles. The lowest BCUT2D eigenvalue weighted by Gasteiger charge is -2.15. The molecular weight excluding hydrogens is 525 g/mol. The van der Waals surface area contributed by atoms with Crippen LogP contribution in [0.3, 0.4) is 0 Å². The molecule has 38 heavy (non-hydrogen) atoms. The number of halogens is 4. The van der Waals surface area contributed by atoms with Crippen LogP contribution in [0, 0.1) is 10.1 Å². The fourth-order valence-corrected chi connectivity index (χ4v) is 3.84. The van der Waals surface area contributed by atoms with Crippen LogP contribution in [0.2, 0.25) is 5.02 Å². The number of alkyl halides is 3. The van der Waals surface area contributed by atoms with Gasteiger partial charge in [-0.3, -0.25) is 14.9 Å². The molecule has 0 aliphatic rings. The molecule has 0 saturated heterocycles. The van der Waals surface area contributed by atoms with Crippen LogP contribution in [0.15, 0.2) is 70.6 Å². The van der Waals surface area contributed by atoms with Crippen molar-refractivity contribution in [2.45, 2.75) is 32.5 Å². The van der Waals surface area contributed by atoms with E-state index in [0.717, 1.165) is 29.1 Å². The number of rotatable bonds is 7. The molecule has 1 atom stereocenters. The first-order valence-corrected chi connectivity index (χ1v) is 11.8. The van der Waals surface area contributed by atoms with Crippen LogP contribution in [0.1, 0.15) is 31.4 Å². The number of aromatic nitrogens is 2. The van der Waals surface area contributed by atoms with Crippen LogP contribution in [0.5, 0.6) is 5.75 Å². The van der Waals surface area contributed by atoms with Gasteiger partial charge in [-0.15, -0.1) is 0 Å². The number of ether oxygens (including phenoxy) is 1. The minimum absolute atomic E-state index is 0.00650. The topological polar surface area (TPSA) is 99.6 Å². The summed E-state index contributed by atoms with van der Waals surface area (Å²) in [6, 6.07) is 13.2. The van der Waals surface area contributed by atoms with Crippen molar-refractivity contribution in [1.29, 1.82) is 0 Å². The summed E-state index contributed by atoms with van der Waals surface area (Å²) < 4.78 is 46.8. The Bertz CT molecular complexity index is 1620. The number of para-hydroxylation sites is 1. The van der Waals surface area contributed by atoms with Crippen molar-refractivity contribution in [2.75, 3.05) is 0 Å². The van der Waals surface area contributed by atoms with E-state index in [1.165, 1.54) is 24.3 Å². The summed E-state index contributed by atoms with van der Waals surface area (Å²) in [7, 11) is 0. The Morgan fingerprint density at radius 3 is 2.61 bits per heavy atom. The Kier molecular flexibility index (Phi) is 7.49. The molecular formula is C26H20ClF3N4O4. The second-order valence-corrected chi connectivity index (χ2v) is 8.77. The highest BCUT2D eigenvalue weighted by Gasteiger charge is 2.31. The SMILES string of the molecule is CC[C@@H](C)Oc1c(C=Nn2c(-c3cccc(C(F)(F)F)c3)nc3ccccc3c2=O)cc(Cl)cc1[N+](=O)[O-]. The molecule has 196 valence electrons. The van der Waals surface area contributed by atoms with Gasteiger partial charge in [0.2, 0.25) is 5.75 Å². The summed E-state index contributed by atoms with van der Waals surface area (Å²) in [5, 5.41) is 16.1. The zero-order valence-electron chi connectivity index (χ0n) is 20.1. The zero-order valence-corrected chi connectivity index (χ0v) is 20.8. The van der Waals surface area contributed by atoms with Gasteiger partial charge in [-0.1, -0.05) is 42.8 Å². The van der Waals surface area contributed by atoms with Crippen LogP contribution in [0.4, 0.5) is 18.9 Å². The Hall–Kier alpha value is -4.25. The molecule has 0 N–H and O–H groups in total. The summed E-state index contributed by atoms with van der Waals surface area (Å²) in [4.78, 5) is 28.8. The van der Waals surface area contributed by atoms with E-state index in [-0.39, 0.29) is 38.6 Å². The maximum Gasteiger partial charge on any atom is 0.416 e. The number of benzene rings is 3. The lowest BCUT2D eigenvalue weighted by molar-refractivity contribution is -0.386. The molecule has 3 aromatic carbocycles. The second kappa shape index (κ2) is 10.6. The molecule has 0 fully saturated rings. The summed E-state index contributed by atoms with van der Waals surface area (Å²) in [6.07, 6.45) is -3.34. The third-order valence-corrected chi connectivity index (χ3v) is 5.89. The quantitative estimate of drug-likeness (QED) is 0.146. The van der Waals surface area contributed by atoms with Gasteiger partial charge >= 0.3 is 11.9 Å². The van der Waals surface area contributed by atoms with Gasteiger partial charge in [0, 0.05) is 22.2 Å². The Morgan fingerprint density at radius 2 is 1.92 bits per heavy atom. The molecule has 4 rings (SSSR count). The van der Waals surface area contributed by atoms with E-state index in [2.05, 4.69) is 10.1 Å². The molecule has 0 unspecified atom stereocenters. The van der Waals surface area contributed by atoms with Gasteiger partial charge in [-0.25, -0.2) is 4.98 Å². The third-order valence-electron chi connectivity index (χ3n) is 5.67. The number of nitro groups is 1. The van der Waals surface area contributed by atoms with Crippen LogP contribution < -0.4 is 10.3 Å². The maximum absolute atomic E-state index is 13.4. The molecule has 0 spiro atoms. The first-order valence-electron chi connectivity index (χ1n) is 11.4. The largest absolute Gasteiger partial charge is 0.483 e. The first kappa shape index (κ1) is 26.8. The Balaban J connectivity index is 1.96. The van der Waals surface area contributed by atoms with Crippen LogP contribution >= 0.6 is 11.6 Å². The molecule has 4 aromatic rings. The standard InChI is InChI=1S/C26H20ClF3N4O4/c1-3-15(2)38-23-17(12-19(27)13-22(23)34(36)37)14-31-33-24(16-7-6-8-18(11-16)26(28,29)30)32-21-10-5-4-9-20(21)25(33)35/h4-15H,3H2,1-2H3/t15-/m1/s1. The Labute approximate surface area is 219 Å². The minimum atomic E-state index is -4.62. The maximum atomic E-state index is 13.4. The highest BCUT2D eigenvalue weighted by Crippen LogP contribution is 2.35. The van der Waals surface area contributed by atoms with Crippen molar-refractivity contribution in [3.8, 4) is 17.1 Å². The van der Waals surface area contributed by atoms with E-state index in [0.29, 0.717) is 6.42 Å². The third kappa shape index (κ3) is 5.52. The summed E-state index contributed by atoms with van der Waals surface area (Å²) in [5.74, 6) is -0.267. The van der Waals surface area contributed by atoms with Crippen molar-refractivity contribution >= 4 is 34.4 Å². The summed E-state index contributed by atoms with van der Waals surface area (Å²) in [5.41, 5.74) is -1.63. The fraction of sp³-hybridized carbons (Fsp3) is 0.192. The van der Waals surface area contributed by atoms with E-state index in [1.54, 1.807) is 25.1 Å². The van der Waals surface area contributed by atoms with Crippen molar-refractivity contribution in [2.24, 2.45) is 5.10 Å². The number of fused-ring (bicyclic) bond motifs is 1. The smallest absolute Gasteiger partial charge is 0.416 e. The van der Waals surface area contributed by atoms with E-state index in [9.17, 15) is 28.1 Å². The van der Waals surface area contributed by atoms with Crippen LogP contribution in [0.25, 0.3) is 22.3 Å². The van der Waals surface area contributed by atoms with E-state index < -0.39 is 34.0 Å². The zero-order chi connectivity index (χ0) is 27.6. The highest BCUT2D eigenvalue weighted by atomic mass is 35.5. The van der Waals surface area contributed by atoms with Gasteiger partial charge in [0.15, 0.2) is 5.82 Å². The van der Waals surface area contributed by atoms with Crippen LogP contribution in [-0.4, -0.2) is 26.9 Å². The fourth-order valence-electron chi connectivity index (χ4n) is 3.62. The van der Waals surface area contributed by atoms with Gasteiger partial charge in [0.25, 0.3) is 5.56 Å². The van der Waals surface area contributed by atoms with Gasteiger partial charge < -0.3 is 4.74 Å². The number of hydrogen-bond donors (Lipinski definition) is 0. The second-order valence-electron chi connectivity index (χ2n) is 8.33. The predicted octanol–water partition coefficient (Wildman–Crippen LogP) is 6.70. The molecule has 0 saturated carbocycles. The Morgan fingerprint density at radius 1 is 1.18 bits per heavy atom. The molecule has 1 aromatic heterocycles. The van der Waals surface area contributed by atoms with E-state index in [4.69, 9.17) is 16.3 Å². The first-order chi connectivity index (χ1) is 18.0. The molecule has 12 heteroatoms. The van der Waals surface area contributed by atoms with Crippen molar-refractivity contribution in [3.63, 3.8) is 0 Å². The molecule has 0 aliphatic carbocycles. The molecule has 0 aliphatic heterocycles. The summed E-state index contributed by atoms with van der Waals surface area (Å²) in [6.45, 7) is 3.56. The van der Waals surface area contributed by atoms with E-state index in [1.807, 2.05) is 6.92 Å². The highest BCUT2D eigenvalue weighted by molar-refractivity contribution is 6.31. The lowest BCUT2D eigenvalue weighted by atomic mass is 10.1. The van der Waals surface area contributed by atoms with Gasteiger partial charge in [-0.2, -0.15) is 22.9 Å². The average molecular weight is 545 g/mol. The van der Waals surface area contributed by atoms with Crippen LogP contribution in [-0.2, 0) is 6.18 Å².